The molecule has 0 bridgehead atoms. The number of hydrogen-bond acceptors (Lipinski definition) is 6. The second-order valence-corrected chi connectivity index (χ2v) is 11.3. The van der Waals surface area contributed by atoms with Crippen LogP contribution >= 0.6 is 43.2 Å². The standard InChI is InChI=1S/C10H8BrNO.C9H5BrO2S.C4H9NO.C3H9N/c1-6(13)9-5-12-10-3-2-7(11)4-8(9)10;10-6-2-1-5-3-8(9(11)12)13-7(5)4-6;5-4-1-2-6-3-4;1-3(2)4/h2-5,12H,1H3;1-4H,(H,11,12);4H,1-3,5H2;3H,4H2,1-2H3. The van der Waals surface area contributed by atoms with Crippen molar-refractivity contribution in [1.82, 2.24) is 4.98 Å². The lowest BCUT2D eigenvalue weighted by atomic mass is 10.1. The number of nitrogens with one attached hydrogen (secondary N) is 1. The van der Waals surface area contributed by atoms with Crippen molar-refractivity contribution in [3.63, 3.8) is 0 Å². The van der Waals surface area contributed by atoms with Crippen LogP contribution in [0.1, 0.15) is 47.2 Å². The lowest BCUT2D eigenvalue weighted by Gasteiger charge is -1.93. The van der Waals surface area contributed by atoms with Gasteiger partial charge < -0.3 is 26.3 Å². The van der Waals surface area contributed by atoms with Crippen molar-refractivity contribution in [1.29, 1.82) is 0 Å². The molecule has 1 unspecified atom stereocenters. The van der Waals surface area contributed by atoms with Crippen molar-refractivity contribution in [2.24, 2.45) is 11.5 Å². The van der Waals surface area contributed by atoms with Gasteiger partial charge in [0, 0.05) is 49.0 Å². The summed E-state index contributed by atoms with van der Waals surface area (Å²) in [5, 5.41) is 10.7. The van der Waals surface area contributed by atoms with E-state index in [4.69, 9.17) is 21.3 Å². The second-order valence-electron chi connectivity index (χ2n) is 8.41. The van der Waals surface area contributed by atoms with E-state index in [0.717, 1.165) is 55.1 Å². The van der Waals surface area contributed by atoms with Crippen LogP contribution in [0.25, 0.3) is 21.0 Å². The van der Waals surface area contributed by atoms with E-state index in [1.165, 1.54) is 11.3 Å². The van der Waals surface area contributed by atoms with Crippen molar-refractivity contribution in [2.45, 2.75) is 39.3 Å². The number of benzene rings is 2. The van der Waals surface area contributed by atoms with Gasteiger partial charge in [-0.05, 0) is 61.2 Å². The number of H-pyrrole nitrogens is 1. The molecule has 2 aromatic heterocycles. The number of fused-ring (bicyclic) bond motifs is 2. The van der Waals surface area contributed by atoms with Crippen LogP contribution < -0.4 is 11.5 Å². The first-order chi connectivity index (χ1) is 17.0. The topological polar surface area (TPSA) is 131 Å². The van der Waals surface area contributed by atoms with Crippen LogP contribution in [0.4, 0.5) is 0 Å². The van der Waals surface area contributed by atoms with Gasteiger partial charge in [-0.25, -0.2) is 4.79 Å². The maximum Gasteiger partial charge on any atom is 0.345 e. The first kappa shape index (κ1) is 30.1. The Morgan fingerprint density at radius 1 is 1.14 bits per heavy atom. The number of halogens is 2. The highest BCUT2D eigenvalue weighted by Gasteiger charge is 2.09. The van der Waals surface area contributed by atoms with Gasteiger partial charge in [-0.15, -0.1) is 11.3 Å². The summed E-state index contributed by atoms with van der Waals surface area (Å²) in [6.45, 7) is 7.09. The molecule has 7 nitrogen and oxygen atoms in total. The molecule has 10 heteroatoms. The number of Topliss-reactive ketones (excluding diaryl/α,β-unsaturated/α-hetero) is 1. The molecule has 4 aromatic rings. The zero-order chi connectivity index (χ0) is 26.8. The molecule has 1 fully saturated rings. The van der Waals surface area contributed by atoms with E-state index in [-0.39, 0.29) is 5.78 Å². The number of nitrogens with two attached hydrogens (primary N) is 2. The maximum absolute atomic E-state index is 11.2. The summed E-state index contributed by atoms with van der Waals surface area (Å²) in [6, 6.07) is 13.9. The SMILES string of the molecule is CC(=O)c1c[nH]c2ccc(Br)cc12.CC(C)N.NC1CCOC1.O=C(O)c1cc2ccc(Br)cc2s1. The van der Waals surface area contributed by atoms with Gasteiger partial charge in [0.1, 0.15) is 4.88 Å². The summed E-state index contributed by atoms with van der Waals surface area (Å²) in [4.78, 5) is 25.3. The Hall–Kier alpha value is -2.08. The third-order valence-corrected chi connectivity index (χ3v) is 6.75. The number of hydrogen-bond donors (Lipinski definition) is 4. The van der Waals surface area contributed by atoms with Gasteiger partial charge in [0.2, 0.25) is 0 Å². The van der Waals surface area contributed by atoms with Gasteiger partial charge in [0.05, 0.1) is 6.61 Å². The Bertz CT molecular complexity index is 1290. The van der Waals surface area contributed by atoms with E-state index >= 15 is 0 Å². The quantitative estimate of drug-likeness (QED) is 0.183. The van der Waals surface area contributed by atoms with Gasteiger partial charge in [-0.2, -0.15) is 0 Å². The van der Waals surface area contributed by atoms with Crippen molar-refractivity contribution in [3.05, 3.63) is 68.0 Å². The number of carboxylic acid groups (broad SMARTS) is 1. The number of carbonyl (C=O) groups excluding carboxylic acids is 1. The fourth-order valence-electron chi connectivity index (χ4n) is 3.05. The van der Waals surface area contributed by atoms with E-state index in [2.05, 4.69) is 36.8 Å². The molecule has 1 aliphatic heterocycles. The predicted octanol–water partition coefficient (Wildman–Crippen LogP) is 6.58. The first-order valence-electron chi connectivity index (χ1n) is 11.3. The van der Waals surface area contributed by atoms with Crippen LogP contribution in [0.5, 0.6) is 0 Å². The molecular formula is C26H31Br2N3O4S. The van der Waals surface area contributed by atoms with Crippen LogP contribution in [-0.4, -0.2) is 47.1 Å². The normalized spacial score (nSPS) is 14.4. The smallest absolute Gasteiger partial charge is 0.345 e. The largest absolute Gasteiger partial charge is 0.477 e. The summed E-state index contributed by atoms with van der Waals surface area (Å²) < 4.78 is 7.88. The van der Waals surface area contributed by atoms with E-state index in [9.17, 15) is 9.59 Å². The fraction of sp³-hybridized carbons (Fsp3) is 0.308. The van der Waals surface area contributed by atoms with Crippen LogP contribution in [0, 0.1) is 0 Å². The van der Waals surface area contributed by atoms with Gasteiger partial charge in [0.25, 0.3) is 0 Å². The lowest BCUT2D eigenvalue weighted by Crippen LogP contribution is -2.18. The molecule has 194 valence electrons. The number of rotatable bonds is 2. The number of aromatic nitrogens is 1. The van der Waals surface area contributed by atoms with Crippen LogP contribution in [-0.2, 0) is 4.74 Å². The van der Waals surface area contributed by atoms with Gasteiger partial charge in [-0.1, -0.05) is 51.8 Å². The monoisotopic (exact) mass is 639 g/mol. The summed E-state index contributed by atoms with van der Waals surface area (Å²) in [7, 11) is 0. The minimum Gasteiger partial charge on any atom is -0.477 e. The van der Waals surface area contributed by atoms with Crippen LogP contribution in [0.3, 0.4) is 0 Å². The summed E-state index contributed by atoms with van der Waals surface area (Å²) in [5.41, 5.74) is 12.3. The van der Waals surface area contributed by atoms with Crippen molar-refractivity contribution in [3.8, 4) is 0 Å². The predicted molar refractivity (Wildman–Crippen MR) is 155 cm³/mol. The van der Waals surface area contributed by atoms with E-state index in [1.54, 1.807) is 19.2 Å². The molecule has 5 rings (SSSR count). The molecule has 1 saturated heterocycles. The Labute approximate surface area is 231 Å². The number of carboxylic acids is 1. The Morgan fingerprint density at radius 2 is 1.78 bits per heavy atom. The molecule has 1 atom stereocenters. The average molecular weight is 641 g/mol. The van der Waals surface area contributed by atoms with Crippen molar-refractivity contribution < 1.29 is 19.4 Å². The van der Waals surface area contributed by atoms with E-state index < -0.39 is 5.97 Å². The number of aromatic amines is 1. The number of ether oxygens (including phenoxy) is 1. The average Bonchev–Trinajstić information content (AvgIpc) is 3.53. The molecule has 0 aliphatic carbocycles. The number of thiophene rings is 1. The zero-order valence-electron chi connectivity index (χ0n) is 20.4. The summed E-state index contributed by atoms with van der Waals surface area (Å²) in [5.74, 6) is -0.776. The molecule has 0 radical (unpaired) electrons. The molecule has 36 heavy (non-hydrogen) atoms. The second kappa shape index (κ2) is 14.6. The third kappa shape index (κ3) is 9.76. The maximum atomic E-state index is 11.2. The zero-order valence-corrected chi connectivity index (χ0v) is 24.4. The minimum absolute atomic E-state index is 0.0874. The summed E-state index contributed by atoms with van der Waals surface area (Å²) >= 11 is 8.00. The molecule has 6 N–H and O–H groups in total. The molecule has 0 spiro atoms. The molecule has 3 heterocycles. The van der Waals surface area contributed by atoms with Gasteiger partial charge in [0.15, 0.2) is 5.78 Å². The minimum atomic E-state index is -0.864. The van der Waals surface area contributed by atoms with Crippen molar-refractivity contribution >= 4 is 75.9 Å². The number of aromatic carboxylic acids is 1. The fourth-order valence-corrected chi connectivity index (χ4v) is 4.86. The van der Waals surface area contributed by atoms with Crippen LogP contribution in [0.2, 0.25) is 0 Å². The van der Waals surface area contributed by atoms with Gasteiger partial charge >= 0.3 is 5.97 Å². The molecule has 1 aliphatic rings. The lowest BCUT2D eigenvalue weighted by molar-refractivity contribution is 0.0702. The highest BCUT2D eigenvalue weighted by Crippen LogP contribution is 2.28. The van der Waals surface area contributed by atoms with Crippen LogP contribution in [0.15, 0.2) is 57.6 Å². The molecule has 0 amide bonds. The molecular weight excluding hydrogens is 610 g/mol. The first-order valence-corrected chi connectivity index (χ1v) is 13.7. The molecule has 2 aromatic carbocycles. The number of ketones is 1. The Kier molecular flexibility index (Phi) is 12.2. The van der Waals surface area contributed by atoms with Crippen molar-refractivity contribution in [2.75, 3.05) is 13.2 Å². The number of carbonyl (C=O) groups is 2. The highest BCUT2D eigenvalue weighted by atomic mass is 79.9. The molecule has 0 saturated carbocycles. The highest BCUT2D eigenvalue weighted by molar-refractivity contribution is 9.10. The van der Waals surface area contributed by atoms with E-state index in [1.807, 2.05) is 50.2 Å². The summed E-state index contributed by atoms with van der Waals surface area (Å²) in [6.07, 6.45) is 2.79. The van der Waals surface area contributed by atoms with Gasteiger partial charge in [-0.3, -0.25) is 4.79 Å². The van der Waals surface area contributed by atoms with E-state index in [0.29, 0.717) is 17.0 Å². The third-order valence-electron chi connectivity index (χ3n) is 4.68. The Morgan fingerprint density at radius 3 is 2.31 bits per heavy atom. The Balaban J connectivity index is 0.000000186.